The van der Waals surface area contributed by atoms with Gasteiger partial charge >= 0.3 is 5.97 Å². The fourth-order valence-corrected chi connectivity index (χ4v) is 1.29. The van der Waals surface area contributed by atoms with Crippen molar-refractivity contribution in [2.24, 2.45) is 0 Å². The molecule has 0 saturated heterocycles. The highest BCUT2D eigenvalue weighted by Gasteiger charge is 2.14. The van der Waals surface area contributed by atoms with Gasteiger partial charge in [-0.3, -0.25) is 9.59 Å². The number of carbonyl (C=O) groups excluding carboxylic acids is 2. The van der Waals surface area contributed by atoms with Gasteiger partial charge in [-0.2, -0.15) is 0 Å². The van der Waals surface area contributed by atoms with Gasteiger partial charge in [0, 0.05) is 6.54 Å². The lowest BCUT2D eigenvalue weighted by molar-refractivity contribution is -0.140. The van der Waals surface area contributed by atoms with E-state index in [0.717, 1.165) is 0 Å². The van der Waals surface area contributed by atoms with Crippen LogP contribution in [0.4, 0.5) is 0 Å². The molecule has 18 heavy (non-hydrogen) atoms. The molecule has 0 radical (unpaired) electrons. The lowest BCUT2D eigenvalue weighted by Crippen LogP contribution is -2.37. The SMILES string of the molecule is COC(=O)CCNC(=O)[C@H](C)Oc1ccccc1. The minimum atomic E-state index is -0.606. The molecule has 0 spiro atoms. The van der Waals surface area contributed by atoms with Crippen molar-refractivity contribution in [1.29, 1.82) is 0 Å². The predicted octanol–water partition coefficient (Wildman–Crippen LogP) is 1.13. The molecular formula is C13H17NO4. The average molecular weight is 251 g/mol. The average Bonchev–Trinajstić information content (AvgIpc) is 2.39. The number of benzene rings is 1. The van der Waals surface area contributed by atoms with Gasteiger partial charge in [-0.05, 0) is 19.1 Å². The highest BCUT2D eigenvalue weighted by molar-refractivity contribution is 5.81. The summed E-state index contributed by atoms with van der Waals surface area (Å²) in [6.07, 6.45) is -0.453. The fourth-order valence-electron chi connectivity index (χ4n) is 1.29. The normalized spacial score (nSPS) is 11.4. The Bertz CT molecular complexity index is 391. The fraction of sp³-hybridized carbons (Fsp3) is 0.385. The molecular weight excluding hydrogens is 234 g/mol. The monoisotopic (exact) mass is 251 g/mol. The van der Waals surface area contributed by atoms with Crippen molar-refractivity contribution in [2.45, 2.75) is 19.4 Å². The molecule has 1 N–H and O–H groups in total. The van der Waals surface area contributed by atoms with Crippen LogP contribution in [0.15, 0.2) is 30.3 Å². The van der Waals surface area contributed by atoms with Crippen LogP contribution >= 0.6 is 0 Å². The summed E-state index contributed by atoms with van der Waals surface area (Å²) < 4.78 is 9.90. The van der Waals surface area contributed by atoms with E-state index in [4.69, 9.17) is 4.74 Å². The van der Waals surface area contributed by atoms with E-state index in [1.807, 2.05) is 18.2 Å². The van der Waals surface area contributed by atoms with Crippen LogP contribution in [-0.4, -0.2) is 31.6 Å². The Morgan fingerprint density at radius 1 is 1.28 bits per heavy atom. The van der Waals surface area contributed by atoms with E-state index in [9.17, 15) is 9.59 Å². The lowest BCUT2D eigenvalue weighted by Gasteiger charge is -2.14. The molecule has 1 aromatic rings. The smallest absolute Gasteiger partial charge is 0.307 e. The Hall–Kier alpha value is -2.04. The van der Waals surface area contributed by atoms with Crippen LogP contribution in [0.5, 0.6) is 5.75 Å². The third kappa shape index (κ3) is 4.86. The number of hydrogen-bond donors (Lipinski definition) is 1. The van der Waals surface area contributed by atoms with Gasteiger partial charge in [0.15, 0.2) is 6.10 Å². The molecule has 1 atom stereocenters. The molecule has 0 fully saturated rings. The number of esters is 1. The van der Waals surface area contributed by atoms with Crippen LogP contribution in [0, 0.1) is 0 Å². The molecule has 1 amide bonds. The number of para-hydroxylation sites is 1. The Morgan fingerprint density at radius 3 is 2.56 bits per heavy atom. The first-order valence-electron chi connectivity index (χ1n) is 5.69. The number of hydrogen-bond acceptors (Lipinski definition) is 4. The molecule has 1 aromatic carbocycles. The summed E-state index contributed by atoms with van der Waals surface area (Å²) in [5.41, 5.74) is 0. The third-order valence-electron chi connectivity index (χ3n) is 2.28. The summed E-state index contributed by atoms with van der Waals surface area (Å²) >= 11 is 0. The van der Waals surface area contributed by atoms with Crippen LogP contribution < -0.4 is 10.1 Å². The topological polar surface area (TPSA) is 64.6 Å². The molecule has 0 aromatic heterocycles. The van der Waals surface area contributed by atoms with Crippen molar-refractivity contribution >= 4 is 11.9 Å². The Labute approximate surface area is 106 Å². The van der Waals surface area contributed by atoms with Gasteiger partial charge in [-0.25, -0.2) is 0 Å². The Balaban J connectivity index is 2.31. The van der Waals surface area contributed by atoms with Crippen LogP contribution in [0.2, 0.25) is 0 Å². The standard InChI is InChI=1S/C13H17NO4/c1-10(18-11-6-4-3-5-7-11)13(16)14-9-8-12(15)17-2/h3-7,10H,8-9H2,1-2H3,(H,14,16)/t10-/m0/s1. The number of carbonyl (C=O) groups is 2. The molecule has 0 saturated carbocycles. The van der Waals surface area contributed by atoms with E-state index < -0.39 is 6.10 Å². The molecule has 0 aliphatic heterocycles. The second kappa shape index (κ2) is 7.32. The molecule has 0 heterocycles. The van der Waals surface area contributed by atoms with Crippen molar-refractivity contribution in [3.8, 4) is 5.75 Å². The van der Waals surface area contributed by atoms with E-state index in [-0.39, 0.29) is 24.8 Å². The molecule has 5 heteroatoms. The van der Waals surface area contributed by atoms with Crippen LogP contribution in [0.25, 0.3) is 0 Å². The van der Waals surface area contributed by atoms with E-state index >= 15 is 0 Å². The summed E-state index contributed by atoms with van der Waals surface area (Å²) in [6, 6.07) is 9.08. The summed E-state index contributed by atoms with van der Waals surface area (Å²) in [6.45, 7) is 1.90. The lowest BCUT2D eigenvalue weighted by atomic mass is 10.3. The maximum Gasteiger partial charge on any atom is 0.307 e. The summed E-state index contributed by atoms with van der Waals surface area (Å²) in [4.78, 5) is 22.5. The van der Waals surface area contributed by atoms with Gasteiger partial charge in [0.1, 0.15) is 5.75 Å². The Morgan fingerprint density at radius 2 is 1.94 bits per heavy atom. The summed E-state index contributed by atoms with van der Waals surface area (Å²) in [5.74, 6) is 0.0165. The highest BCUT2D eigenvalue weighted by atomic mass is 16.5. The first-order valence-corrected chi connectivity index (χ1v) is 5.69. The molecule has 1 rings (SSSR count). The van der Waals surface area contributed by atoms with E-state index in [1.54, 1.807) is 19.1 Å². The zero-order chi connectivity index (χ0) is 13.4. The maximum absolute atomic E-state index is 11.6. The van der Waals surface area contributed by atoms with Crippen molar-refractivity contribution in [1.82, 2.24) is 5.32 Å². The molecule has 5 nitrogen and oxygen atoms in total. The minimum Gasteiger partial charge on any atom is -0.481 e. The maximum atomic E-state index is 11.6. The molecule has 0 aliphatic rings. The number of amides is 1. The van der Waals surface area contributed by atoms with Gasteiger partial charge in [0.25, 0.3) is 5.91 Å². The minimum absolute atomic E-state index is 0.153. The van der Waals surface area contributed by atoms with Gasteiger partial charge < -0.3 is 14.8 Å². The second-order valence-electron chi connectivity index (χ2n) is 3.69. The Kier molecular flexibility index (Phi) is 5.70. The molecule has 0 bridgehead atoms. The van der Waals surface area contributed by atoms with Gasteiger partial charge in [-0.15, -0.1) is 0 Å². The number of methoxy groups -OCH3 is 1. The first-order chi connectivity index (χ1) is 8.63. The van der Waals surface area contributed by atoms with Gasteiger partial charge in [0.2, 0.25) is 0 Å². The van der Waals surface area contributed by atoms with Crippen LogP contribution in [0.3, 0.4) is 0 Å². The van der Waals surface area contributed by atoms with E-state index in [1.165, 1.54) is 7.11 Å². The molecule has 0 unspecified atom stereocenters. The highest BCUT2D eigenvalue weighted by Crippen LogP contribution is 2.10. The number of rotatable bonds is 6. The molecule has 0 aliphatic carbocycles. The van der Waals surface area contributed by atoms with Gasteiger partial charge in [0.05, 0.1) is 13.5 Å². The van der Waals surface area contributed by atoms with Crippen LogP contribution in [-0.2, 0) is 14.3 Å². The van der Waals surface area contributed by atoms with E-state index in [0.29, 0.717) is 5.75 Å². The quantitative estimate of drug-likeness (QED) is 0.770. The second-order valence-corrected chi connectivity index (χ2v) is 3.69. The van der Waals surface area contributed by atoms with Crippen LogP contribution in [0.1, 0.15) is 13.3 Å². The molecule has 98 valence electrons. The van der Waals surface area contributed by atoms with Crippen molar-refractivity contribution < 1.29 is 19.1 Å². The first kappa shape index (κ1) is 14.0. The van der Waals surface area contributed by atoms with Gasteiger partial charge in [-0.1, -0.05) is 18.2 Å². The summed E-state index contributed by atoms with van der Waals surface area (Å²) in [7, 11) is 1.31. The van der Waals surface area contributed by atoms with E-state index in [2.05, 4.69) is 10.1 Å². The third-order valence-corrected chi connectivity index (χ3v) is 2.28. The zero-order valence-corrected chi connectivity index (χ0v) is 10.5. The number of ether oxygens (including phenoxy) is 2. The summed E-state index contributed by atoms with van der Waals surface area (Å²) in [5, 5.41) is 2.60. The largest absolute Gasteiger partial charge is 0.481 e. The predicted molar refractivity (Wildman–Crippen MR) is 66.2 cm³/mol. The van der Waals surface area contributed by atoms with Crippen molar-refractivity contribution in [3.05, 3.63) is 30.3 Å². The zero-order valence-electron chi connectivity index (χ0n) is 10.5. The van der Waals surface area contributed by atoms with Crippen molar-refractivity contribution in [2.75, 3.05) is 13.7 Å². The number of nitrogens with one attached hydrogen (secondary N) is 1. The van der Waals surface area contributed by atoms with Crippen molar-refractivity contribution in [3.63, 3.8) is 0 Å².